The maximum atomic E-state index is 5.86. The average Bonchev–Trinajstić information content (AvgIpc) is 2.05. The van der Waals surface area contributed by atoms with Crippen LogP contribution in [0.5, 0.6) is 0 Å². The topological polar surface area (TPSA) is 3.24 Å². The van der Waals surface area contributed by atoms with E-state index in [-0.39, 0.29) is 0 Å². The molecule has 0 saturated carbocycles. The smallest absolute Gasteiger partial charge is 0.0426 e. The van der Waals surface area contributed by atoms with Crippen LogP contribution in [0.25, 0.3) is 0 Å². The van der Waals surface area contributed by atoms with E-state index in [1.807, 2.05) is 18.2 Å². The number of hydrogen-bond acceptors (Lipinski definition) is 1. The lowest BCUT2D eigenvalue weighted by molar-refractivity contribution is 0.852. The molecule has 0 unspecified atom stereocenters. The van der Waals surface area contributed by atoms with E-state index in [4.69, 9.17) is 11.6 Å². The molecule has 0 spiro atoms. The van der Waals surface area contributed by atoms with Crippen molar-refractivity contribution in [1.82, 2.24) is 0 Å². The number of anilines is 1. The molecule has 66 valence electrons. The van der Waals surface area contributed by atoms with Gasteiger partial charge in [-0.2, -0.15) is 0 Å². The lowest BCUT2D eigenvalue weighted by Gasteiger charge is -2.18. The fourth-order valence-corrected chi connectivity index (χ4v) is 1.36. The van der Waals surface area contributed by atoms with Crippen molar-refractivity contribution >= 4 is 17.3 Å². The van der Waals surface area contributed by atoms with Gasteiger partial charge in [-0.25, -0.2) is 0 Å². The van der Waals surface area contributed by atoms with Gasteiger partial charge < -0.3 is 4.90 Å². The summed E-state index contributed by atoms with van der Waals surface area (Å²) in [4.78, 5) is 2.20. The minimum atomic E-state index is 0.801. The second-order valence-electron chi connectivity index (χ2n) is 2.90. The number of benzene rings is 1. The van der Waals surface area contributed by atoms with Gasteiger partial charge in [0.2, 0.25) is 0 Å². The van der Waals surface area contributed by atoms with Crippen molar-refractivity contribution in [1.29, 1.82) is 0 Å². The summed E-state index contributed by atoms with van der Waals surface area (Å²) in [6.45, 7) is 3.24. The van der Waals surface area contributed by atoms with Gasteiger partial charge >= 0.3 is 0 Å². The van der Waals surface area contributed by atoms with Crippen molar-refractivity contribution in [3.05, 3.63) is 29.3 Å². The molecule has 0 aliphatic rings. The van der Waals surface area contributed by atoms with Gasteiger partial charge in [-0.15, -0.1) is 0 Å². The lowest BCUT2D eigenvalue weighted by atomic mass is 10.3. The Labute approximate surface area is 79.0 Å². The van der Waals surface area contributed by atoms with Gasteiger partial charge in [-0.05, 0) is 24.6 Å². The molecule has 0 saturated heterocycles. The normalized spacial score (nSPS) is 9.92. The summed E-state index contributed by atoms with van der Waals surface area (Å²) >= 11 is 5.86. The van der Waals surface area contributed by atoms with E-state index in [2.05, 4.69) is 24.9 Å². The van der Waals surface area contributed by atoms with Crippen LogP contribution in [0, 0.1) is 0 Å². The average molecular weight is 184 g/mol. The van der Waals surface area contributed by atoms with Crippen molar-refractivity contribution in [3.8, 4) is 0 Å². The van der Waals surface area contributed by atoms with Gasteiger partial charge in [0.15, 0.2) is 0 Å². The molecule has 0 heterocycles. The molecule has 0 radical (unpaired) electrons. The molecule has 1 aromatic carbocycles. The number of rotatable bonds is 3. The summed E-state index contributed by atoms with van der Waals surface area (Å²) in [5.74, 6) is 0. The van der Waals surface area contributed by atoms with E-state index in [0.29, 0.717) is 0 Å². The Kier molecular flexibility index (Phi) is 3.42. The van der Waals surface area contributed by atoms with Crippen LogP contribution in [-0.2, 0) is 0 Å². The molecule has 0 fully saturated rings. The molecule has 0 bridgehead atoms. The zero-order chi connectivity index (χ0) is 8.97. The van der Waals surface area contributed by atoms with Crippen molar-refractivity contribution in [2.75, 3.05) is 18.5 Å². The first-order chi connectivity index (χ1) is 5.74. The lowest BCUT2D eigenvalue weighted by Crippen LogP contribution is -2.17. The highest BCUT2D eigenvalue weighted by atomic mass is 35.5. The van der Waals surface area contributed by atoms with Gasteiger partial charge in [-0.1, -0.05) is 24.6 Å². The van der Waals surface area contributed by atoms with E-state index in [0.717, 1.165) is 18.0 Å². The van der Waals surface area contributed by atoms with Crippen LogP contribution >= 0.6 is 11.6 Å². The summed E-state index contributed by atoms with van der Waals surface area (Å²) in [7, 11) is 2.08. The molecule has 1 rings (SSSR count). The molecule has 1 nitrogen and oxygen atoms in total. The monoisotopic (exact) mass is 183 g/mol. The Morgan fingerprint density at radius 2 is 2.17 bits per heavy atom. The second kappa shape index (κ2) is 4.36. The largest absolute Gasteiger partial charge is 0.375 e. The molecule has 0 aliphatic carbocycles. The van der Waals surface area contributed by atoms with Crippen LogP contribution in [0.1, 0.15) is 13.3 Å². The highest BCUT2D eigenvalue weighted by molar-refractivity contribution is 6.30. The van der Waals surface area contributed by atoms with Crippen molar-refractivity contribution in [2.45, 2.75) is 13.3 Å². The fraction of sp³-hybridized carbons (Fsp3) is 0.400. The molecule has 0 aliphatic heterocycles. The van der Waals surface area contributed by atoms with Gasteiger partial charge in [0, 0.05) is 24.3 Å². The summed E-state index contributed by atoms with van der Waals surface area (Å²) in [5, 5.41) is 0.801. The fourth-order valence-electron chi connectivity index (χ4n) is 1.18. The van der Waals surface area contributed by atoms with Crippen LogP contribution in [-0.4, -0.2) is 13.6 Å². The minimum absolute atomic E-state index is 0.801. The third-order valence-corrected chi connectivity index (χ3v) is 2.04. The van der Waals surface area contributed by atoms with Crippen molar-refractivity contribution in [2.24, 2.45) is 0 Å². The zero-order valence-corrected chi connectivity index (χ0v) is 8.30. The van der Waals surface area contributed by atoms with Crippen LogP contribution in [0.4, 0.5) is 5.69 Å². The van der Waals surface area contributed by atoms with Gasteiger partial charge in [-0.3, -0.25) is 0 Å². The predicted octanol–water partition coefficient (Wildman–Crippen LogP) is 3.19. The quantitative estimate of drug-likeness (QED) is 0.696. The first kappa shape index (κ1) is 9.40. The molecule has 12 heavy (non-hydrogen) atoms. The number of nitrogens with zero attached hydrogens (tertiary/aromatic N) is 1. The van der Waals surface area contributed by atoms with Crippen LogP contribution in [0.3, 0.4) is 0 Å². The molecule has 2 heteroatoms. The molecule has 0 amide bonds. The van der Waals surface area contributed by atoms with Gasteiger partial charge in [0.05, 0.1) is 0 Å². The Balaban J connectivity index is 2.73. The minimum Gasteiger partial charge on any atom is -0.375 e. The van der Waals surface area contributed by atoms with Crippen LogP contribution in [0.2, 0.25) is 5.02 Å². The van der Waals surface area contributed by atoms with E-state index >= 15 is 0 Å². The van der Waals surface area contributed by atoms with Crippen molar-refractivity contribution in [3.63, 3.8) is 0 Å². The Morgan fingerprint density at radius 1 is 1.42 bits per heavy atom. The van der Waals surface area contributed by atoms with E-state index in [9.17, 15) is 0 Å². The molecule has 1 aromatic rings. The molecule has 0 aromatic heterocycles. The third-order valence-electron chi connectivity index (χ3n) is 1.81. The Morgan fingerprint density at radius 3 is 2.75 bits per heavy atom. The third kappa shape index (κ3) is 2.42. The Hall–Kier alpha value is -0.690. The molecular weight excluding hydrogens is 170 g/mol. The van der Waals surface area contributed by atoms with Gasteiger partial charge in [0.1, 0.15) is 0 Å². The maximum absolute atomic E-state index is 5.86. The highest BCUT2D eigenvalue weighted by Crippen LogP contribution is 2.17. The Bertz CT molecular complexity index is 247. The summed E-state index contributed by atoms with van der Waals surface area (Å²) in [5.41, 5.74) is 1.18. The predicted molar refractivity (Wildman–Crippen MR) is 55.0 cm³/mol. The standard InChI is InChI=1S/C10H14ClN/c1-3-7-12(2)10-6-4-5-9(11)8-10/h4-6,8H,3,7H2,1-2H3. The van der Waals surface area contributed by atoms with Crippen molar-refractivity contribution < 1.29 is 0 Å². The SMILES string of the molecule is CCCN(C)c1cccc(Cl)c1. The van der Waals surface area contributed by atoms with E-state index in [1.54, 1.807) is 0 Å². The first-order valence-electron chi connectivity index (χ1n) is 4.20. The molecular formula is C10H14ClN. The van der Waals surface area contributed by atoms with E-state index < -0.39 is 0 Å². The number of hydrogen-bond donors (Lipinski definition) is 0. The summed E-state index contributed by atoms with van der Waals surface area (Å²) in [6.07, 6.45) is 1.16. The second-order valence-corrected chi connectivity index (χ2v) is 3.34. The maximum Gasteiger partial charge on any atom is 0.0426 e. The first-order valence-corrected chi connectivity index (χ1v) is 4.58. The van der Waals surface area contributed by atoms with Gasteiger partial charge in [0.25, 0.3) is 0 Å². The molecule has 0 N–H and O–H groups in total. The summed E-state index contributed by atoms with van der Waals surface area (Å²) in [6, 6.07) is 7.92. The molecule has 0 atom stereocenters. The number of halogens is 1. The summed E-state index contributed by atoms with van der Waals surface area (Å²) < 4.78 is 0. The van der Waals surface area contributed by atoms with Crippen LogP contribution in [0.15, 0.2) is 24.3 Å². The highest BCUT2D eigenvalue weighted by Gasteiger charge is 1.98. The zero-order valence-electron chi connectivity index (χ0n) is 7.55. The van der Waals surface area contributed by atoms with E-state index in [1.165, 1.54) is 5.69 Å². The van der Waals surface area contributed by atoms with Crippen LogP contribution < -0.4 is 4.90 Å².